The minimum Gasteiger partial charge on any atom is -0.387 e. The average molecular weight is 848 g/mol. The van der Waals surface area contributed by atoms with Gasteiger partial charge in [0.05, 0.1) is 57.1 Å². The Morgan fingerprint density at radius 3 is 2.35 bits per heavy atom. The normalized spacial score (nSPS) is 26.6. The molecule has 3 aromatic rings. The number of nitro benzene ring substituents is 1. The fourth-order valence-electron chi connectivity index (χ4n) is 7.60. The zero-order chi connectivity index (χ0) is 37.3. The molecular weight excluding hydrogens is 802 g/mol. The Balaban J connectivity index is 1.28. The summed E-state index contributed by atoms with van der Waals surface area (Å²) in [5.74, 6) is -0.182. The first-order chi connectivity index (χ1) is 24.8. The van der Waals surface area contributed by atoms with Gasteiger partial charge >= 0.3 is 0 Å². The van der Waals surface area contributed by atoms with Crippen LogP contribution in [0.3, 0.4) is 0 Å². The maximum atomic E-state index is 14.2. The van der Waals surface area contributed by atoms with E-state index in [1.165, 1.54) is 6.07 Å². The smallest absolute Gasteiger partial charge is 0.294 e. The molecule has 15 nitrogen and oxygen atoms in total. The molecule has 0 radical (unpaired) electrons. The van der Waals surface area contributed by atoms with Gasteiger partial charge in [0, 0.05) is 68.4 Å². The van der Waals surface area contributed by atoms with Gasteiger partial charge in [0.15, 0.2) is 5.82 Å². The number of morpholine rings is 1. The van der Waals surface area contributed by atoms with Crippen molar-refractivity contribution in [3.63, 3.8) is 0 Å². The number of nitrogens with zero attached hydrogens (tertiary/aromatic N) is 6. The van der Waals surface area contributed by atoms with E-state index >= 15 is 0 Å². The number of rotatable bonds is 10. The summed E-state index contributed by atoms with van der Waals surface area (Å²) in [5, 5.41) is 26.7. The van der Waals surface area contributed by atoms with E-state index in [2.05, 4.69) is 66.6 Å². The first kappa shape index (κ1) is 38.1. The molecule has 52 heavy (non-hydrogen) atoms. The predicted octanol–water partition coefficient (Wildman–Crippen LogP) is 5.82. The van der Waals surface area contributed by atoms with Gasteiger partial charge in [0.2, 0.25) is 5.91 Å². The van der Waals surface area contributed by atoms with Crippen molar-refractivity contribution in [3.05, 3.63) is 67.0 Å². The van der Waals surface area contributed by atoms with Gasteiger partial charge in [0.1, 0.15) is 5.69 Å². The molecule has 3 aliphatic rings. The van der Waals surface area contributed by atoms with E-state index in [1.807, 2.05) is 42.7 Å². The highest BCUT2D eigenvalue weighted by atomic mass is 79.9. The fraction of sp³-hybridized carbons (Fsp3) is 0.543. The number of amides is 2. The van der Waals surface area contributed by atoms with E-state index in [1.54, 1.807) is 23.4 Å². The second kappa shape index (κ2) is 16.2. The highest BCUT2D eigenvalue weighted by molar-refractivity contribution is 9.10. The number of aromatic nitrogens is 3. The number of hydrogen-bond acceptors (Lipinski definition) is 11. The molecule has 17 heteroatoms. The van der Waals surface area contributed by atoms with Gasteiger partial charge in [-0.15, -0.1) is 0 Å². The van der Waals surface area contributed by atoms with Crippen molar-refractivity contribution < 1.29 is 24.0 Å². The van der Waals surface area contributed by atoms with Crippen LogP contribution in [0.4, 0.5) is 22.9 Å². The summed E-state index contributed by atoms with van der Waals surface area (Å²) in [6.07, 6.45) is 7.13. The summed E-state index contributed by atoms with van der Waals surface area (Å²) in [6, 6.07) is 4.05. The molecule has 1 aromatic carbocycles. The number of nitrogens with one attached hydrogen (secondary N) is 3. The zero-order valence-electron chi connectivity index (χ0n) is 29.8. The molecule has 0 aliphatic carbocycles. The highest BCUT2D eigenvalue weighted by Crippen LogP contribution is 2.37. The van der Waals surface area contributed by atoms with Crippen LogP contribution in [-0.4, -0.2) is 104 Å². The predicted molar refractivity (Wildman–Crippen MR) is 204 cm³/mol. The lowest BCUT2D eigenvalue weighted by molar-refractivity contribution is -0.384. The van der Waals surface area contributed by atoms with Crippen molar-refractivity contribution in [1.82, 2.24) is 24.6 Å². The van der Waals surface area contributed by atoms with Crippen LogP contribution < -0.4 is 16.0 Å². The SMILES string of the molecule is CNc1cncc(CN2C[C@H](Nc3c(C(=O)N4C[C@@H](C)O[C@@H](C)C4)cc(Br)cc3[N+](=O)[O-])C[C@H]2C(=O)Nc2nn(C3CC(C)OC(C)C3)cc2Br)c1. The summed E-state index contributed by atoms with van der Waals surface area (Å²) in [5.41, 5.74) is 1.79. The third kappa shape index (κ3) is 8.76. The van der Waals surface area contributed by atoms with Crippen LogP contribution in [0, 0.1) is 10.1 Å². The Kier molecular flexibility index (Phi) is 11.8. The molecule has 6 atom stereocenters. The maximum Gasteiger partial charge on any atom is 0.294 e. The number of anilines is 3. The van der Waals surface area contributed by atoms with Gasteiger partial charge in [-0.05, 0) is 80.6 Å². The zero-order valence-corrected chi connectivity index (χ0v) is 33.0. The van der Waals surface area contributed by atoms with Crippen LogP contribution in [0.15, 0.2) is 45.7 Å². The van der Waals surface area contributed by atoms with Crippen LogP contribution in [0.1, 0.15) is 68.9 Å². The van der Waals surface area contributed by atoms with Crippen molar-refractivity contribution in [3.8, 4) is 0 Å². The van der Waals surface area contributed by atoms with Gasteiger partial charge in [-0.25, -0.2) is 0 Å². The van der Waals surface area contributed by atoms with Gasteiger partial charge in [0.25, 0.3) is 11.6 Å². The van der Waals surface area contributed by atoms with Crippen LogP contribution in [0.25, 0.3) is 0 Å². The minimum absolute atomic E-state index is 0.0977. The second-order valence-corrected chi connectivity index (χ2v) is 15.9. The van der Waals surface area contributed by atoms with Crippen molar-refractivity contribution in [1.29, 1.82) is 0 Å². The number of benzene rings is 1. The van der Waals surface area contributed by atoms with Crippen molar-refractivity contribution in [2.45, 2.75) is 96.0 Å². The third-order valence-electron chi connectivity index (χ3n) is 9.72. The molecule has 0 bridgehead atoms. The number of likely N-dealkylation sites (tertiary alicyclic amines) is 1. The number of nitro groups is 1. The van der Waals surface area contributed by atoms with Crippen molar-refractivity contribution >= 4 is 66.6 Å². The number of halogens is 2. The quantitative estimate of drug-likeness (QED) is 0.166. The number of carbonyl (C=O) groups excluding carboxylic acids is 2. The molecule has 5 heterocycles. The van der Waals surface area contributed by atoms with Crippen LogP contribution in [-0.2, 0) is 20.8 Å². The van der Waals surface area contributed by atoms with Crippen LogP contribution in [0.2, 0.25) is 0 Å². The maximum absolute atomic E-state index is 14.2. The highest BCUT2D eigenvalue weighted by Gasteiger charge is 2.40. The van der Waals surface area contributed by atoms with E-state index < -0.39 is 17.0 Å². The van der Waals surface area contributed by atoms with Gasteiger partial charge in [-0.1, -0.05) is 15.9 Å². The Bertz CT molecular complexity index is 1790. The summed E-state index contributed by atoms with van der Waals surface area (Å²) >= 11 is 6.98. The van der Waals surface area contributed by atoms with E-state index in [9.17, 15) is 19.7 Å². The lowest BCUT2D eigenvalue weighted by Gasteiger charge is -2.35. The molecule has 3 aliphatic heterocycles. The molecule has 2 unspecified atom stereocenters. The molecule has 0 spiro atoms. The topological polar surface area (TPSA) is 169 Å². The Labute approximate surface area is 319 Å². The van der Waals surface area contributed by atoms with E-state index in [4.69, 9.17) is 14.6 Å². The lowest BCUT2D eigenvalue weighted by Crippen LogP contribution is -2.48. The number of pyridine rings is 1. The first-order valence-corrected chi connectivity index (χ1v) is 19.1. The Hall–Kier alpha value is -3.64. The summed E-state index contributed by atoms with van der Waals surface area (Å²) < 4.78 is 14.7. The minimum atomic E-state index is -0.634. The molecule has 0 saturated carbocycles. The summed E-state index contributed by atoms with van der Waals surface area (Å²) in [6.45, 7) is 9.37. The summed E-state index contributed by atoms with van der Waals surface area (Å²) in [7, 11) is 1.81. The van der Waals surface area contributed by atoms with E-state index in [0.717, 1.165) is 24.1 Å². The molecular formula is C35H45Br2N9O6. The fourth-order valence-corrected chi connectivity index (χ4v) is 8.44. The molecule has 3 saturated heterocycles. The van der Waals surface area contributed by atoms with Crippen molar-refractivity contribution in [2.75, 3.05) is 42.6 Å². The van der Waals surface area contributed by atoms with Gasteiger partial charge in [-0.3, -0.25) is 34.3 Å². The first-order valence-electron chi connectivity index (χ1n) is 17.5. The monoisotopic (exact) mass is 845 g/mol. The number of ether oxygens (including phenoxy) is 2. The van der Waals surface area contributed by atoms with E-state index in [0.29, 0.717) is 47.4 Å². The van der Waals surface area contributed by atoms with Gasteiger partial charge < -0.3 is 30.3 Å². The van der Waals surface area contributed by atoms with Gasteiger partial charge in [-0.2, -0.15) is 5.10 Å². The van der Waals surface area contributed by atoms with E-state index in [-0.39, 0.29) is 59.2 Å². The Morgan fingerprint density at radius 1 is 0.981 bits per heavy atom. The number of carbonyl (C=O) groups is 2. The summed E-state index contributed by atoms with van der Waals surface area (Å²) in [4.78, 5) is 48.2. The Morgan fingerprint density at radius 2 is 1.67 bits per heavy atom. The van der Waals surface area contributed by atoms with Crippen LogP contribution >= 0.6 is 31.9 Å². The molecule has 6 rings (SSSR count). The average Bonchev–Trinajstić information content (AvgIpc) is 3.66. The third-order valence-corrected chi connectivity index (χ3v) is 10.8. The molecule has 3 fully saturated rings. The van der Waals surface area contributed by atoms with Crippen LogP contribution in [0.5, 0.6) is 0 Å². The molecule has 2 amide bonds. The molecule has 2 aromatic heterocycles. The molecule has 280 valence electrons. The largest absolute Gasteiger partial charge is 0.387 e. The lowest BCUT2D eigenvalue weighted by atomic mass is 10.0. The second-order valence-electron chi connectivity index (χ2n) is 14.1. The van der Waals surface area contributed by atoms with Crippen molar-refractivity contribution in [2.24, 2.45) is 0 Å². The standard InChI is InChI=1S/C35H45Br2N9O6/c1-19-6-27(7-20(2)51-19)45-18-29(37)33(42-45)41-34(47)31-11-26(17-43(31)16-23-8-25(38-5)13-39-12-23)40-32-28(9-24(36)10-30(32)46(49)50)35(48)44-14-21(3)52-22(4)15-44/h8-10,12-13,18-22,26-27,31,38,40H,6-7,11,14-17H2,1-5H3,(H,41,42,47)/t19?,20?,21-,22+,26-,27?,31+/m1/s1. The molecule has 3 N–H and O–H groups in total. The number of hydrogen-bond donors (Lipinski definition) is 3.